The predicted octanol–water partition coefficient (Wildman–Crippen LogP) is 4.61. The standard InChI is InChI=1S/C13H11Cl3N2OS/c14-2-1-12(19)18-13-17-7-11(20-13)5-8-3-9(15)6-10(16)4-8/h3-4,6-7H,1-2,5H2,(H,17,18,19). The topological polar surface area (TPSA) is 42.0 Å². The average molecular weight is 350 g/mol. The molecule has 1 heterocycles. The fourth-order valence-electron chi connectivity index (χ4n) is 1.63. The molecule has 0 aliphatic heterocycles. The third kappa shape index (κ3) is 4.63. The maximum Gasteiger partial charge on any atom is 0.227 e. The lowest BCUT2D eigenvalue weighted by molar-refractivity contribution is -0.115. The number of nitrogens with one attached hydrogen (secondary N) is 1. The van der Waals surface area contributed by atoms with Crippen LogP contribution in [0.4, 0.5) is 5.13 Å². The van der Waals surface area contributed by atoms with Crippen molar-refractivity contribution in [1.82, 2.24) is 4.98 Å². The van der Waals surface area contributed by atoms with E-state index >= 15 is 0 Å². The molecule has 0 saturated carbocycles. The first-order valence-electron chi connectivity index (χ1n) is 5.82. The number of carbonyl (C=O) groups excluding carboxylic acids is 1. The average Bonchev–Trinajstić information content (AvgIpc) is 2.75. The molecule has 0 bridgehead atoms. The quantitative estimate of drug-likeness (QED) is 0.801. The molecule has 2 aromatic rings. The lowest BCUT2D eigenvalue weighted by Gasteiger charge is -2.01. The van der Waals surface area contributed by atoms with Crippen molar-refractivity contribution in [3.63, 3.8) is 0 Å². The van der Waals surface area contributed by atoms with E-state index in [9.17, 15) is 4.79 Å². The Bertz CT molecular complexity index is 595. The van der Waals surface area contributed by atoms with Crippen LogP contribution in [0.1, 0.15) is 16.9 Å². The largest absolute Gasteiger partial charge is 0.302 e. The molecule has 7 heteroatoms. The summed E-state index contributed by atoms with van der Waals surface area (Å²) >= 11 is 18.8. The summed E-state index contributed by atoms with van der Waals surface area (Å²) in [5.41, 5.74) is 1.00. The van der Waals surface area contributed by atoms with Crippen LogP contribution in [0.25, 0.3) is 0 Å². The summed E-state index contributed by atoms with van der Waals surface area (Å²) in [5, 5.41) is 4.48. The molecule has 1 amide bonds. The summed E-state index contributed by atoms with van der Waals surface area (Å²) in [5.74, 6) is 0.164. The number of anilines is 1. The van der Waals surface area contributed by atoms with Gasteiger partial charge in [0.05, 0.1) is 0 Å². The molecule has 1 N–H and O–H groups in total. The number of carbonyl (C=O) groups is 1. The van der Waals surface area contributed by atoms with Crippen molar-refractivity contribution in [2.45, 2.75) is 12.8 Å². The van der Waals surface area contributed by atoms with Crippen molar-refractivity contribution in [3.05, 3.63) is 44.9 Å². The number of alkyl halides is 1. The highest BCUT2D eigenvalue weighted by atomic mass is 35.5. The normalized spacial score (nSPS) is 10.6. The lowest BCUT2D eigenvalue weighted by atomic mass is 10.1. The van der Waals surface area contributed by atoms with E-state index in [4.69, 9.17) is 34.8 Å². The molecular weight excluding hydrogens is 339 g/mol. The van der Waals surface area contributed by atoms with Crippen molar-refractivity contribution < 1.29 is 4.79 Å². The molecule has 1 aromatic heterocycles. The van der Waals surface area contributed by atoms with Crippen LogP contribution in [0.15, 0.2) is 24.4 Å². The van der Waals surface area contributed by atoms with Gasteiger partial charge in [-0.25, -0.2) is 4.98 Å². The highest BCUT2D eigenvalue weighted by Gasteiger charge is 2.07. The molecule has 2 rings (SSSR count). The van der Waals surface area contributed by atoms with Gasteiger partial charge in [-0.05, 0) is 23.8 Å². The summed E-state index contributed by atoms with van der Waals surface area (Å²) in [6.45, 7) is 0. The van der Waals surface area contributed by atoms with Crippen LogP contribution in [0.2, 0.25) is 10.0 Å². The summed E-state index contributed by atoms with van der Waals surface area (Å²) in [4.78, 5) is 16.6. The highest BCUT2D eigenvalue weighted by Crippen LogP contribution is 2.25. The van der Waals surface area contributed by atoms with Crippen molar-refractivity contribution in [3.8, 4) is 0 Å². The number of halogens is 3. The van der Waals surface area contributed by atoms with Gasteiger partial charge in [0, 0.05) is 39.8 Å². The molecule has 0 atom stereocenters. The fraction of sp³-hybridized carbons (Fsp3) is 0.231. The van der Waals surface area contributed by atoms with Crippen LogP contribution < -0.4 is 5.32 Å². The molecule has 0 saturated heterocycles. The number of nitrogens with zero attached hydrogens (tertiary/aromatic N) is 1. The number of hydrogen-bond acceptors (Lipinski definition) is 3. The van der Waals surface area contributed by atoms with Gasteiger partial charge >= 0.3 is 0 Å². The van der Waals surface area contributed by atoms with E-state index in [1.807, 2.05) is 12.1 Å². The van der Waals surface area contributed by atoms with Gasteiger partial charge in [-0.1, -0.05) is 23.2 Å². The number of amides is 1. The van der Waals surface area contributed by atoms with E-state index in [0.29, 0.717) is 27.5 Å². The Morgan fingerprint density at radius 1 is 1.25 bits per heavy atom. The van der Waals surface area contributed by atoms with Gasteiger partial charge in [-0.15, -0.1) is 22.9 Å². The predicted molar refractivity (Wildman–Crippen MR) is 85.3 cm³/mol. The summed E-state index contributed by atoms with van der Waals surface area (Å²) in [6, 6.07) is 5.41. The van der Waals surface area contributed by atoms with Crippen LogP contribution in [-0.4, -0.2) is 16.8 Å². The minimum atomic E-state index is -0.133. The van der Waals surface area contributed by atoms with Crippen molar-refractivity contribution >= 4 is 57.2 Å². The van der Waals surface area contributed by atoms with Crippen LogP contribution in [0.3, 0.4) is 0 Å². The second-order valence-electron chi connectivity index (χ2n) is 4.07. The number of aromatic nitrogens is 1. The Labute approximate surface area is 135 Å². The molecule has 0 fully saturated rings. The van der Waals surface area contributed by atoms with E-state index in [0.717, 1.165) is 10.4 Å². The minimum Gasteiger partial charge on any atom is -0.302 e. The molecule has 0 aliphatic rings. The molecule has 1 aromatic carbocycles. The second-order valence-corrected chi connectivity index (χ2v) is 6.44. The van der Waals surface area contributed by atoms with E-state index in [-0.39, 0.29) is 12.3 Å². The van der Waals surface area contributed by atoms with Crippen LogP contribution in [0, 0.1) is 0 Å². The first-order valence-corrected chi connectivity index (χ1v) is 7.93. The Hall–Kier alpha value is -0.810. The van der Waals surface area contributed by atoms with Gasteiger partial charge in [0.15, 0.2) is 5.13 Å². The van der Waals surface area contributed by atoms with E-state index < -0.39 is 0 Å². The maximum absolute atomic E-state index is 11.4. The van der Waals surface area contributed by atoms with Gasteiger partial charge in [0.2, 0.25) is 5.91 Å². The second kappa shape index (κ2) is 7.27. The Morgan fingerprint density at radius 3 is 2.60 bits per heavy atom. The summed E-state index contributed by atoms with van der Waals surface area (Å²) in [7, 11) is 0. The Balaban J connectivity index is 2.03. The first kappa shape index (κ1) is 15.6. The van der Waals surface area contributed by atoms with Crippen LogP contribution >= 0.6 is 46.1 Å². The number of thiazole rings is 1. The smallest absolute Gasteiger partial charge is 0.227 e. The Kier molecular flexibility index (Phi) is 5.66. The maximum atomic E-state index is 11.4. The zero-order chi connectivity index (χ0) is 14.5. The molecule has 106 valence electrons. The van der Waals surface area contributed by atoms with Crippen molar-refractivity contribution in [2.75, 3.05) is 11.2 Å². The van der Waals surface area contributed by atoms with Crippen LogP contribution in [-0.2, 0) is 11.2 Å². The third-order valence-electron chi connectivity index (χ3n) is 2.42. The minimum absolute atomic E-state index is 0.133. The molecule has 20 heavy (non-hydrogen) atoms. The molecule has 0 radical (unpaired) electrons. The monoisotopic (exact) mass is 348 g/mol. The van der Waals surface area contributed by atoms with E-state index in [1.165, 1.54) is 11.3 Å². The zero-order valence-electron chi connectivity index (χ0n) is 10.3. The summed E-state index contributed by atoms with van der Waals surface area (Å²) in [6.07, 6.45) is 2.68. The third-order valence-corrected chi connectivity index (χ3v) is 3.96. The summed E-state index contributed by atoms with van der Waals surface area (Å²) < 4.78 is 0. The number of hydrogen-bond donors (Lipinski definition) is 1. The molecule has 0 spiro atoms. The molecule has 3 nitrogen and oxygen atoms in total. The van der Waals surface area contributed by atoms with E-state index in [2.05, 4.69) is 10.3 Å². The van der Waals surface area contributed by atoms with E-state index in [1.54, 1.807) is 12.3 Å². The zero-order valence-corrected chi connectivity index (χ0v) is 13.4. The Morgan fingerprint density at radius 2 is 1.95 bits per heavy atom. The molecule has 0 aliphatic carbocycles. The number of rotatable bonds is 5. The highest BCUT2D eigenvalue weighted by molar-refractivity contribution is 7.15. The van der Waals surface area contributed by atoms with Gasteiger partial charge in [0.1, 0.15) is 0 Å². The van der Waals surface area contributed by atoms with Gasteiger partial charge in [-0.2, -0.15) is 0 Å². The first-order chi connectivity index (χ1) is 9.56. The number of benzene rings is 1. The molecular formula is C13H11Cl3N2OS. The van der Waals surface area contributed by atoms with Gasteiger partial charge in [0.25, 0.3) is 0 Å². The molecule has 0 unspecified atom stereocenters. The lowest BCUT2D eigenvalue weighted by Crippen LogP contribution is -2.11. The van der Waals surface area contributed by atoms with Crippen LogP contribution in [0.5, 0.6) is 0 Å². The fourth-order valence-corrected chi connectivity index (χ4v) is 3.23. The van der Waals surface area contributed by atoms with Gasteiger partial charge in [-0.3, -0.25) is 4.79 Å². The van der Waals surface area contributed by atoms with Crippen molar-refractivity contribution in [2.24, 2.45) is 0 Å². The SMILES string of the molecule is O=C(CCCl)Nc1ncc(Cc2cc(Cl)cc(Cl)c2)s1. The van der Waals surface area contributed by atoms with Gasteiger partial charge < -0.3 is 5.32 Å². The van der Waals surface area contributed by atoms with Crippen molar-refractivity contribution in [1.29, 1.82) is 0 Å².